The summed E-state index contributed by atoms with van der Waals surface area (Å²) in [6.45, 7) is 9.78. The Morgan fingerprint density at radius 3 is 1.32 bits per heavy atom. The topological polar surface area (TPSA) is 261 Å². The Morgan fingerprint density at radius 2 is 0.959 bits per heavy atom. The predicted octanol–water partition coefficient (Wildman–Crippen LogP) is 2.36. The minimum absolute atomic E-state index is 0.0933. The Bertz CT molecular complexity index is 3340. The van der Waals surface area contributed by atoms with Gasteiger partial charge in [0.1, 0.15) is 22.8 Å². The van der Waals surface area contributed by atoms with Gasteiger partial charge in [0.25, 0.3) is 11.8 Å². The average Bonchev–Trinajstić information content (AvgIpc) is 4.29. The van der Waals surface area contributed by atoms with Crippen molar-refractivity contribution in [2.45, 2.75) is 38.8 Å². The van der Waals surface area contributed by atoms with Gasteiger partial charge in [-0.1, -0.05) is 12.1 Å². The molecule has 384 valence electrons. The van der Waals surface area contributed by atoms with Crippen LogP contribution in [0.5, 0.6) is 0 Å². The molecule has 12 rings (SSSR count). The number of anilines is 4. The van der Waals surface area contributed by atoms with Gasteiger partial charge < -0.3 is 20.4 Å². The normalized spacial score (nSPS) is 19.9. The summed E-state index contributed by atoms with van der Waals surface area (Å²) in [6.07, 6.45) is 14.6. The molecule has 0 aromatic carbocycles. The summed E-state index contributed by atoms with van der Waals surface area (Å²) >= 11 is 0. The van der Waals surface area contributed by atoms with Gasteiger partial charge in [-0.25, -0.2) is 45.8 Å². The van der Waals surface area contributed by atoms with Crippen LogP contribution in [-0.4, -0.2) is 185 Å². The Balaban J connectivity index is 0.000000159. The summed E-state index contributed by atoms with van der Waals surface area (Å²) in [5.74, 6) is 3.91. The lowest BCUT2D eigenvalue weighted by atomic mass is 10.2. The highest BCUT2D eigenvalue weighted by molar-refractivity contribution is 7.91. The maximum absolute atomic E-state index is 13.2. The van der Waals surface area contributed by atoms with Crippen molar-refractivity contribution in [3.05, 3.63) is 120 Å². The maximum atomic E-state index is 13.2. The third kappa shape index (κ3) is 10.3. The second-order valence-corrected chi connectivity index (χ2v) is 23.4. The van der Waals surface area contributed by atoms with Crippen LogP contribution in [0.3, 0.4) is 0 Å². The van der Waals surface area contributed by atoms with Crippen molar-refractivity contribution >= 4 is 66.1 Å². The van der Waals surface area contributed by atoms with Gasteiger partial charge in [0.2, 0.25) is 0 Å². The number of hydrogen-bond donors (Lipinski definition) is 2. The Morgan fingerprint density at radius 1 is 0.541 bits per heavy atom. The van der Waals surface area contributed by atoms with Crippen LogP contribution in [0.2, 0.25) is 0 Å². The van der Waals surface area contributed by atoms with Crippen LogP contribution < -0.4 is 20.4 Å². The quantitative estimate of drug-likeness (QED) is 0.199. The number of fused-ring (bicyclic) bond motifs is 2. The van der Waals surface area contributed by atoms with E-state index >= 15 is 0 Å². The third-order valence-corrected chi connectivity index (χ3v) is 17.4. The fourth-order valence-corrected chi connectivity index (χ4v) is 13.4. The molecule has 24 nitrogen and oxygen atoms in total. The van der Waals surface area contributed by atoms with Crippen LogP contribution >= 0.6 is 0 Å². The van der Waals surface area contributed by atoms with E-state index < -0.39 is 19.7 Å². The average molecular weight is 1040 g/mol. The van der Waals surface area contributed by atoms with Gasteiger partial charge in [-0.15, -0.1) is 10.2 Å². The molecule has 74 heavy (non-hydrogen) atoms. The first-order valence-electron chi connectivity index (χ1n) is 24.4. The Kier molecular flexibility index (Phi) is 13.1. The number of pyridine rings is 2. The van der Waals surface area contributed by atoms with Gasteiger partial charge in [0.15, 0.2) is 54.2 Å². The first kappa shape index (κ1) is 48.6. The van der Waals surface area contributed by atoms with Gasteiger partial charge >= 0.3 is 0 Å². The molecular weight excluding hydrogens is 989 g/mol. The van der Waals surface area contributed by atoms with Gasteiger partial charge in [0.05, 0.1) is 35.4 Å². The van der Waals surface area contributed by atoms with Gasteiger partial charge in [-0.05, 0) is 62.1 Å². The van der Waals surface area contributed by atoms with Crippen molar-refractivity contribution in [1.29, 1.82) is 0 Å². The van der Waals surface area contributed by atoms with E-state index in [0.29, 0.717) is 96.3 Å². The molecule has 4 aliphatic heterocycles. The molecule has 2 atom stereocenters. The first-order valence-corrected chi connectivity index (χ1v) is 28.0. The summed E-state index contributed by atoms with van der Waals surface area (Å²) in [4.78, 5) is 52.8. The molecule has 4 saturated heterocycles. The standard InChI is InChI=1S/2C24H27N9O3S/c2*1-17-3-4-20(26-14-17)33-21(28-24(34)19-15-27-32-7-2-6-25-23(19)32)13-22(29-33)31-10-8-30(9-11-31)18-5-12-37(35,36)16-18/h2*2-4,6-7,13-15,18H,5,8-12,16H2,1H3,(H,28,34). The summed E-state index contributed by atoms with van der Waals surface area (Å²) in [5, 5.41) is 23.9. The largest absolute Gasteiger partial charge is 0.353 e. The number of carbonyl (C=O) groups is 2. The van der Waals surface area contributed by atoms with E-state index in [1.807, 2.05) is 50.2 Å². The highest BCUT2D eigenvalue weighted by Gasteiger charge is 2.36. The van der Waals surface area contributed by atoms with Crippen LogP contribution in [0, 0.1) is 13.8 Å². The van der Waals surface area contributed by atoms with E-state index in [1.54, 1.807) is 67.7 Å². The molecule has 2 unspecified atom stereocenters. The predicted molar refractivity (Wildman–Crippen MR) is 276 cm³/mol. The summed E-state index contributed by atoms with van der Waals surface area (Å²) in [5.41, 5.74) is 3.67. The zero-order chi connectivity index (χ0) is 51.1. The fraction of sp³-hybridized carbons (Fsp3) is 0.375. The number of piperazine rings is 2. The van der Waals surface area contributed by atoms with E-state index in [2.05, 4.69) is 60.4 Å². The summed E-state index contributed by atoms with van der Waals surface area (Å²) < 4.78 is 54.0. The van der Waals surface area contributed by atoms with Crippen molar-refractivity contribution in [2.75, 3.05) is 95.8 Å². The van der Waals surface area contributed by atoms with Crippen molar-refractivity contribution in [3.63, 3.8) is 0 Å². The number of aryl methyl sites for hydroxylation is 2. The smallest absolute Gasteiger partial charge is 0.262 e. The number of carbonyl (C=O) groups excluding carboxylic acids is 2. The molecule has 8 aromatic heterocycles. The van der Waals surface area contributed by atoms with Crippen LogP contribution in [0.4, 0.5) is 23.3 Å². The minimum atomic E-state index is -2.92. The second kappa shape index (κ2) is 20.0. The SMILES string of the molecule is Cc1ccc(-n2nc(N3CCN(C4CCS(=O)(=O)C4)CC3)cc2NC(=O)c2cnn3cccnc23)nc1.Cc1ccc(-n2nc(N3CCN(C4CCS(=O)(=O)C4)CC3)cc2NC(=O)c2cnn3cccnc23)nc1. The lowest BCUT2D eigenvalue weighted by Crippen LogP contribution is -2.50. The van der Waals surface area contributed by atoms with Gasteiger partial charge in [-0.3, -0.25) is 19.4 Å². The Hall–Kier alpha value is -7.68. The molecule has 0 spiro atoms. The lowest BCUT2D eigenvalue weighted by molar-refractivity contribution is 0.101. The molecule has 4 aliphatic rings. The number of hydrogen-bond acceptors (Lipinski definition) is 18. The highest BCUT2D eigenvalue weighted by atomic mass is 32.2. The molecule has 2 amide bonds. The van der Waals surface area contributed by atoms with E-state index in [9.17, 15) is 26.4 Å². The number of amides is 2. The zero-order valence-corrected chi connectivity index (χ0v) is 42.3. The molecular formula is C48H54N18O6S2. The van der Waals surface area contributed by atoms with E-state index in [1.165, 1.54) is 12.4 Å². The van der Waals surface area contributed by atoms with Crippen molar-refractivity contribution < 1.29 is 26.4 Å². The third-order valence-electron chi connectivity index (χ3n) is 13.9. The number of rotatable bonds is 10. The molecule has 8 aromatic rings. The molecule has 0 bridgehead atoms. The van der Waals surface area contributed by atoms with Crippen LogP contribution in [0.15, 0.2) is 98.1 Å². The number of nitrogens with one attached hydrogen (secondary N) is 2. The van der Waals surface area contributed by atoms with E-state index in [-0.39, 0.29) is 46.9 Å². The van der Waals surface area contributed by atoms with Crippen molar-refractivity contribution in [3.8, 4) is 11.6 Å². The number of sulfone groups is 2. The molecule has 0 radical (unpaired) electrons. The zero-order valence-electron chi connectivity index (χ0n) is 40.7. The highest BCUT2D eigenvalue weighted by Crippen LogP contribution is 2.28. The summed E-state index contributed by atoms with van der Waals surface area (Å²) in [7, 11) is -5.84. The van der Waals surface area contributed by atoms with E-state index in [0.717, 1.165) is 37.3 Å². The molecule has 0 saturated carbocycles. The monoisotopic (exact) mass is 1040 g/mol. The molecule has 12 heterocycles. The molecule has 26 heteroatoms. The molecule has 2 N–H and O–H groups in total. The first-order chi connectivity index (χ1) is 35.7. The van der Waals surface area contributed by atoms with Crippen LogP contribution in [-0.2, 0) is 19.7 Å². The summed E-state index contributed by atoms with van der Waals surface area (Å²) in [6, 6.07) is 15.0. The lowest BCUT2D eigenvalue weighted by Gasteiger charge is -2.37. The molecule has 0 aliphatic carbocycles. The fourth-order valence-electron chi connectivity index (χ4n) is 9.85. The number of aromatic nitrogens is 12. The van der Waals surface area contributed by atoms with Crippen LogP contribution in [0.25, 0.3) is 22.9 Å². The minimum Gasteiger partial charge on any atom is -0.353 e. The Labute approximate surface area is 425 Å². The number of nitrogens with zero attached hydrogens (tertiary/aromatic N) is 16. The van der Waals surface area contributed by atoms with Crippen LogP contribution in [0.1, 0.15) is 44.7 Å². The maximum Gasteiger partial charge on any atom is 0.262 e. The molecule has 4 fully saturated rings. The second-order valence-electron chi connectivity index (χ2n) is 18.9. The van der Waals surface area contributed by atoms with Crippen molar-refractivity contribution in [1.82, 2.24) is 68.5 Å². The van der Waals surface area contributed by atoms with Crippen molar-refractivity contribution in [2.24, 2.45) is 0 Å². The van der Waals surface area contributed by atoms with E-state index in [4.69, 9.17) is 10.2 Å². The van der Waals surface area contributed by atoms with Gasteiger partial charge in [-0.2, -0.15) is 19.6 Å². The van der Waals surface area contributed by atoms with Gasteiger partial charge in [0, 0.05) is 114 Å².